The van der Waals surface area contributed by atoms with E-state index >= 15 is 0 Å². The molecule has 1 heterocycles. The molecule has 1 saturated carbocycles. The van der Waals surface area contributed by atoms with Crippen LogP contribution >= 0.6 is 0 Å². The van der Waals surface area contributed by atoms with Gasteiger partial charge in [0.15, 0.2) is 5.69 Å². The van der Waals surface area contributed by atoms with E-state index in [4.69, 9.17) is 5.11 Å². The lowest BCUT2D eigenvalue weighted by Gasteiger charge is -2.26. The summed E-state index contributed by atoms with van der Waals surface area (Å²) in [6.45, 7) is 4.96. The highest BCUT2D eigenvalue weighted by molar-refractivity contribution is 5.84. The van der Waals surface area contributed by atoms with Crippen LogP contribution in [0.1, 0.15) is 37.2 Å². The van der Waals surface area contributed by atoms with Gasteiger partial charge >= 0.3 is 12.0 Å². The van der Waals surface area contributed by atoms with Crippen molar-refractivity contribution in [2.45, 2.75) is 38.8 Å². The summed E-state index contributed by atoms with van der Waals surface area (Å²) >= 11 is 0. The molecular formula is C13H20N4O3. The van der Waals surface area contributed by atoms with Crippen LogP contribution < -0.4 is 10.6 Å². The monoisotopic (exact) mass is 280 g/mol. The van der Waals surface area contributed by atoms with Crippen molar-refractivity contribution in [3.63, 3.8) is 0 Å². The number of rotatable bonds is 6. The molecule has 1 aromatic rings. The summed E-state index contributed by atoms with van der Waals surface area (Å²) in [6, 6.07) is -0.194. The predicted octanol–water partition coefficient (Wildman–Crippen LogP) is 1.07. The van der Waals surface area contributed by atoms with Crippen LogP contribution in [0.15, 0.2) is 12.5 Å². The fraction of sp³-hybridized carbons (Fsp3) is 0.615. The number of aromatic carboxylic acids is 1. The van der Waals surface area contributed by atoms with Crippen molar-refractivity contribution in [1.29, 1.82) is 0 Å². The first-order chi connectivity index (χ1) is 9.38. The molecule has 1 aliphatic rings. The quantitative estimate of drug-likeness (QED) is 0.726. The third-order valence-corrected chi connectivity index (χ3v) is 3.54. The zero-order chi connectivity index (χ0) is 14.8. The normalized spacial score (nSPS) is 14.9. The van der Waals surface area contributed by atoms with Crippen LogP contribution in [0.5, 0.6) is 0 Å². The van der Waals surface area contributed by atoms with Crippen molar-refractivity contribution in [2.24, 2.45) is 5.92 Å². The van der Waals surface area contributed by atoms with Crippen LogP contribution in [0.25, 0.3) is 0 Å². The van der Waals surface area contributed by atoms with Gasteiger partial charge in [-0.3, -0.25) is 0 Å². The molecule has 0 bridgehead atoms. The Hall–Kier alpha value is -2.05. The molecule has 110 valence electrons. The van der Waals surface area contributed by atoms with Crippen molar-refractivity contribution in [3.05, 3.63) is 18.2 Å². The van der Waals surface area contributed by atoms with Crippen molar-refractivity contribution in [1.82, 2.24) is 20.2 Å². The molecule has 1 fully saturated rings. The van der Waals surface area contributed by atoms with Gasteiger partial charge < -0.3 is 20.3 Å². The molecule has 0 radical (unpaired) electrons. The summed E-state index contributed by atoms with van der Waals surface area (Å²) in [5, 5.41) is 14.5. The molecule has 0 atom stereocenters. The van der Waals surface area contributed by atoms with Crippen molar-refractivity contribution in [2.75, 3.05) is 6.54 Å². The molecule has 2 rings (SSSR count). The van der Waals surface area contributed by atoms with E-state index in [0.29, 0.717) is 19.0 Å². The second-order valence-corrected chi connectivity index (χ2v) is 5.68. The van der Waals surface area contributed by atoms with E-state index in [-0.39, 0.29) is 17.3 Å². The molecular weight excluding hydrogens is 260 g/mol. The lowest BCUT2D eigenvalue weighted by molar-refractivity contribution is 0.0691. The Bertz CT molecular complexity index is 505. The summed E-state index contributed by atoms with van der Waals surface area (Å²) in [5.41, 5.74) is -0.167. The van der Waals surface area contributed by atoms with Gasteiger partial charge in [-0.25, -0.2) is 14.6 Å². The third kappa shape index (κ3) is 3.72. The summed E-state index contributed by atoms with van der Waals surface area (Å²) in [6.07, 6.45) is 5.22. The van der Waals surface area contributed by atoms with E-state index in [0.717, 1.165) is 0 Å². The second-order valence-electron chi connectivity index (χ2n) is 5.68. The van der Waals surface area contributed by atoms with E-state index in [1.165, 1.54) is 25.4 Å². The number of hydrogen-bond donors (Lipinski definition) is 3. The van der Waals surface area contributed by atoms with Crippen LogP contribution in [0.4, 0.5) is 4.79 Å². The molecule has 1 aromatic heterocycles. The van der Waals surface area contributed by atoms with Crippen molar-refractivity contribution >= 4 is 12.0 Å². The first kappa shape index (κ1) is 14.4. The molecule has 0 saturated heterocycles. The number of imidazole rings is 1. The smallest absolute Gasteiger partial charge is 0.356 e. The minimum atomic E-state index is -1.05. The van der Waals surface area contributed by atoms with Gasteiger partial charge in [-0.15, -0.1) is 0 Å². The molecule has 7 nitrogen and oxygen atoms in total. The average molecular weight is 280 g/mol. The van der Waals surface area contributed by atoms with E-state index < -0.39 is 5.97 Å². The minimum absolute atomic E-state index is 0.00400. The van der Waals surface area contributed by atoms with Crippen LogP contribution in [-0.2, 0) is 6.54 Å². The standard InChI is InChI=1S/C13H20N4O3/c1-13(2,9-3-4-9)16-12(20)14-5-6-17-7-10(11(18)19)15-8-17/h7-9H,3-6H2,1-2H3,(H,18,19)(H2,14,16,20). The van der Waals surface area contributed by atoms with Gasteiger partial charge in [-0.1, -0.05) is 0 Å². The van der Waals surface area contributed by atoms with Gasteiger partial charge in [0, 0.05) is 24.8 Å². The third-order valence-electron chi connectivity index (χ3n) is 3.54. The lowest BCUT2D eigenvalue weighted by atomic mass is 9.99. The summed E-state index contributed by atoms with van der Waals surface area (Å²) in [7, 11) is 0. The van der Waals surface area contributed by atoms with Gasteiger partial charge in [0.1, 0.15) is 0 Å². The van der Waals surface area contributed by atoms with E-state index in [9.17, 15) is 9.59 Å². The van der Waals surface area contributed by atoms with Crippen molar-refractivity contribution < 1.29 is 14.7 Å². The van der Waals surface area contributed by atoms with E-state index in [2.05, 4.69) is 15.6 Å². The number of nitrogens with one attached hydrogen (secondary N) is 2. The summed E-state index contributed by atoms with van der Waals surface area (Å²) < 4.78 is 1.63. The maximum atomic E-state index is 11.8. The Labute approximate surface area is 117 Å². The van der Waals surface area contributed by atoms with Crippen LogP contribution in [0.2, 0.25) is 0 Å². The van der Waals surface area contributed by atoms with Gasteiger partial charge in [0.25, 0.3) is 0 Å². The Morgan fingerprint density at radius 1 is 1.50 bits per heavy atom. The first-order valence-electron chi connectivity index (χ1n) is 6.69. The van der Waals surface area contributed by atoms with Crippen LogP contribution in [0, 0.1) is 5.92 Å². The lowest BCUT2D eigenvalue weighted by Crippen LogP contribution is -2.50. The number of carboxylic acids is 1. The zero-order valence-corrected chi connectivity index (χ0v) is 11.7. The molecule has 0 unspecified atom stereocenters. The van der Waals surface area contributed by atoms with E-state index in [1.807, 2.05) is 13.8 Å². The Balaban J connectivity index is 1.72. The van der Waals surface area contributed by atoms with E-state index in [1.54, 1.807) is 4.57 Å². The van der Waals surface area contributed by atoms with Gasteiger partial charge in [0.05, 0.1) is 6.33 Å². The van der Waals surface area contributed by atoms with Gasteiger partial charge in [-0.2, -0.15) is 0 Å². The highest BCUT2D eigenvalue weighted by Crippen LogP contribution is 2.38. The molecule has 0 aromatic carbocycles. The number of urea groups is 1. The number of carboxylic acid groups (broad SMARTS) is 1. The minimum Gasteiger partial charge on any atom is -0.476 e. The second kappa shape index (κ2) is 5.52. The van der Waals surface area contributed by atoms with Crippen LogP contribution in [0.3, 0.4) is 0 Å². The fourth-order valence-corrected chi connectivity index (χ4v) is 2.14. The number of nitrogens with zero attached hydrogens (tertiary/aromatic N) is 2. The topological polar surface area (TPSA) is 96.3 Å². The summed E-state index contributed by atoms with van der Waals surface area (Å²) in [5.74, 6) is -0.486. The molecule has 2 amide bonds. The van der Waals surface area contributed by atoms with Crippen LogP contribution in [-0.4, -0.2) is 38.7 Å². The number of aromatic nitrogens is 2. The molecule has 7 heteroatoms. The Morgan fingerprint density at radius 3 is 2.75 bits per heavy atom. The fourth-order valence-electron chi connectivity index (χ4n) is 2.14. The molecule has 1 aliphatic carbocycles. The Kier molecular flexibility index (Phi) is 3.96. The number of carbonyl (C=O) groups excluding carboxylic acids is 1. The summed E-state index contributed by atoms with van der Waals surface area (Å²) in [4.78, 5) is 26.2. The largest absolute Gasteiger partial charge is 0.476 e. The highest BCUT2D eigenvalue weighted by atomic mass is 16.4. The Morgan fingerprint density at radius 2 is 2.20 bits per heavy atom. The molecule has 20 heavy (non-hydrogen) atoms. The SMILES string of the molecule is CC(C)(NC(=O)NCCn1cnc(C(=O)O)c1)C1CC1. The van der Waals surface area contributed by atoms with Gasteiger partial charge in [-0.05, 0) is 32.6 Å². The number of carbonyl (C=O) groups is 2. The maximum absolute atomic E-state index is 11.8. The maximum Gasteiger partial charge on any atom is 0.356 e. The molecule has 3 N–H and O–H groups in total. The highest BCUT2D eigenvalue weighted by Gasteiger charge is 2.38. The zero-order valence-electron chi connectivity index (χ0n) is 11.7. The van der Waals surface area contributed by atoms with Crippen molar-refractivity contribution in [3.8, 4) is 0 Å². The first-order valence-corrected chi connectivity index (χ1v) is 6.69. The average Bonchev–Trinajstić information content (AvgIpc) is 3.10. The predicted molar refractivity (Wildman–Crippen MR) is 72.5 cm³/mol. The number of amides is 2. The van der Waals surface area contributed by atoms with Gasteiger partial charge in [0.2, 0.25) is 0 Å². The number of hydrogen-bond acceptors (Lipinski definition) is 3. The molecule has 0 aliphatic heterocycles. The molecule has 0 spiro atoms.